The van der Waals surface area contributed by atoms with Crippen molar-refractivity contribution in [1.29, 1.82) is 0 Å². The van der Waals surface area contributed by atoms with Crippen molar-refractivity contribution in [3.8, 4) is 11.5 Å². The molecule has 3 aliphatic rings. The second kappa shape index (κ2) is 8.20. The number of phenolic OH excluding ortho intramolecular Hbond substituents is 2. The van der Waals surface area contributed by atoms with Crippen LogP contribution >= 0.6 is 0 Å². The maximum atomic E-state index is 13.1. The lowest BCUT2D eigenvalue weighted by Gasteiger charge is -2.29. The molecule has 1 aromatic rings. The number of carbonyl (C=O) groups is 1. The summed E-state index contributed by atoms with van der Waals surface area (Å²) in [5.41, 5.74) is 3.45. The molecule has 0 spiro atoms. The summed E-state index contributed by atoms with van der Waals surface area (Å²) >= 11 is 0. The monoisotopic (exact) mass is 397 g/mol. The predicted molar refractivity (Wildman–Crippen MR) is 113 cm³/mol. The summed E-state index contributed by atoms with van der Waals surface area (Å²) in [7, 11) is 0. The Morgan fingerprint density at radius 3 is 2.66 bits per heavy atom. The Bertz CT molecular complexity index is 853. The Kier molecular flexibility index (Phi) is 5.65. The third kappa shape index (κ3) is 4.19. The van der Waals surface area contributed by atoms with Crippen molar-refractivity contribution in [3.05, 3.63) is 46.6 Å². The smallest absolute Gasteiger partial charge is 0.258 e. The number of rotatable bonds is 4. The van der Waals surface area contributed by atoms with E-state index in [0.29, 0.717) is 30.7 Å². The normalized spacial score (nSPS) is 22.4. The summed E-state index contributed by atoms with van der Waals surface area (Å²) in [5, 5.41) is 27.5. The van der Waals surface area contributed by atoms with Crippen LogP contribution < -0.4 is 10.6 Å². The Labute approximate surface area is 172 Å². The van der Waals surface area contributed by atoms with Crippen LogP contribution in [-0.4, -0.2) is 59.3 Å². The van der Waals surface area contributed by atoms with E-state index in [1.54, 1.807) is 11.0 Å². The first-order valence-corrected chi connectivity index (χ1v) is 10.6. The molecule has 4 N–H and O–H groups in total. The van der Waals surface area contributed by atoms with Gasteiger partial charge in [-0.05, 0) is 61.0 Å². The van der Waals surface area contributed by atoms with Crippen LogP contribution in [0.5, 0.6) is 11.5 Å². The standard InChI is InChI=1S/C23H31N3O3/c1-14(2)19-10-20(22(28)11-21(19)27)23(29)26-12-15-3-4-18(9-16(15)13-26)25-17-5-7-24-8-6-17/h3-4,10-11,14,17-18,24-25,27-28H,5-9,12-13H2,1-2H3. The molecule has 6 nitrogen and oxygen atoms in total. The molecule has 1 fully saturated rings. The topological polar surface area (TPSA) is 84.8 Å². The highest BCUT2D eigenvalue weighted by atomic mass is 16.3. The quantitative estimate of drug-likeness (QED) is 0.628. The minimum Gasteiger partial charge on any atom is -0.508 e. The van der Waals surface area contributed by atoms with Crippen molar-refractivity contribution < 1.29 is 15.0 Å². The van der Waals surface area contributed by atoms with Gasteiger partial charge in [-0.25, -0.2) is 0 Å². The number of aromatic hydroxyl groups is 2. The molecular weight excluding hydrogens is 366 g/mol. The molecule has 2 heterocycles. The van der Waals surface area contributed by atoms with Crippen LogP contribution in [0.4, 0.5) is 0 Å². The molecule has 0 aromatic heterocycles. The van der Waals surface area contributed by atoms with Crippen molar-refractivity contribution >= 4 is 5.91 Å². The van der Waals surface area contributed by atoms with E-state index in [0.717, 1.165) is 32.4 Å². The van der Waals surface area contributed by atoms with E-state index in [-0.39, 0.29) is 28.9 Å². The summed E-state index contributed by atoms with van der Waals surface area (Å²) in [4.78, 5) is 14.9. The van der Waals surface area contributed by atoms with Crippen LogP contribution in [0.25, 0.3) is 0 Å². The van der Waals surface area contributed by atoms with E-state index < -0.39 is 0 Å². The van der Waals surface area contributed by atoms with Gasteiger partial charge >= 0.3 is 0 Å². The Balaban J connectivity index is 1.42. The Morgan fingerprint density at radius 1 is 1.17 bits per heavy atom. The summed E-state index contributed by atoms with van der Waals surface area (Å²) < 4.78 is 0. The molecule has 1 saturated heterocycles. The SMILES string of the molecule is CC(C)c1cc(C(=O)N2CC3=C(CC(NC4CCNCC4)C=C3)C2)c(O)cc1O. The first kappa shape index (κ1) is 20.0. The summed E-state index contributed by atoms with van der Waals surface area (Å²) in [5.74, 6) is -0.253. The van der Waals surface area contributed by atoms with E-state index in [1.807, 2.05) is 13.8 Å². The summed E-state index contributed by atoms with van der Waals surface area (Å²) in [6.07, 6.45) is 7.61. The van der Waals surface area contributed by atoms with Crippen LogP contribution in [0, 0.1) is 0 Å². The number of nitrogens with one attached hydrogen (secondary N) is 2. The highest BCUT2D eigenvalue weighted by Gasteiger charge is 2.31. The van der Waals surface area contributed by atoms with Gasteiger partial charge in [-0.2, -0.15) is 0 Å². The second-order valence-electron chi connectivity index (χ2n) is 8.73. The van der Waals surface area contributed by atoms with E-state index in [1.165, 1.54) is 17.2 Å². The van der Waals surface area contributed by atoms with Crippen molar-refractivity contribution in [2.75, 3.05) is 26.2 Å². The fourth-order valence-corrected chi connectivity index (χ4v) is 4.58. The minimum absolute atomic E-state index is 0.0302. The van der Waals surface area contributed by atoms with Crippen LogP contribution in [0.1, 0.15) is 54.9 Å². The molecule has 156 valence electrons. The average Bonchev–Trinajstić information content (AvgIpc) is 3.11. The molecule has 2 aliphatic heterocycles. The lowest BCUT2D eigenvalue weighted by Crippen LogP contribution is -2.44. The van der Waals surface area contributed by atoms with E-state index in [4.69, 9.17) is 0 Å². The van der Waals surface area contributed by atoms with Gasteiger partial charge in [-0.3, -0.25) is 4.79 Å². The first-order chi connectivity index (χ1) is 13.9. The molecule has 1 aliphatic carbocycles. The van der Waals surface area contributed by atoms with Crippen molar-refractivity contribution in [2.45, 2.75) is 51.1 Å². The molecule has 0 saturated carbocycles. The molecule has 0 radical (unpaired) electrons. The molecule has 1 atom stereocenters. The number of hydrogen-bond donors (Lipinski definition) is 4. The zero-order valence-electron chi connectivity index (χ0n) is 17.2. The summed E-state index contributed by atoms with van der Waals surface area (Å²) in [6, 6.07) is 3.79. The van der Waals surface area contributed by atoms with Gasteiger partial charge in [0.05, 0.1) is 5.56 Å². The number of carbonyl (C=O) groups excluding carboxylic acids is 1. The van der Waals surface area contributed by atoms with Gasteiger partial charge in [0.1, 0.15) is 11.5 Å². The zero-order chi connectivity index (χ0) is 20.5. The second-order valence-corrected chi connectivity index (χ2v) is 8.73. The fraction of sp³-hybridized carbons (Fsp3) is 0.522. The predicted octanol–water partition coefficient (Wildman–Crippen LogP) is 2.64. The molecule has 6 heteroatoms. The highest BCUT2D eigenvalue weighted by Crippen LogP contribution is 2.34. The number of hydrogen-bond acceptors (Lipinski definition) is 5. The van der Waals surface area contributed by atoms with Gasteiger partial charge in [0.2, 0.25) is 0 Å². The number of nitrogens with zero attached hydrogens (tertiary/aromatic N) is 1. The highest BCUT2D eigenvalue weighted by molar-refractivity contribution is 5.98. The summed E-state index contributed by atoms with van der Waals surface area (Å²) in [6.45, 7) is 7.22. The van der Waals surface area contributed by atoms with Gasteiger partial charge in [0, 0.05) is 31.2 Å². The molecular formula is C23H31N3O3. The fourth-order valence-electron chi connectivity index (χ4n) is 4.58. The first-order valence-electron chi connectivity index (χ1n) is 10.6. The van der Waals surface area contributed by atoms with Gasteiger partial charge < -0.3 is 25.7 Å². The van der Waals surface area contributed by atoms with E-state index in [9.17, 15) is 15.0 Å². The molecule has 1 unspecified atom stereocenters. The maximum absolute atomic E-state index is 13.1. The minimum atomic E-state index is -0.185. The number of amides is 1. The Hall–Kier alpha value is -2.31. The van der Waals surface area contributed by atoms with Gasteiger partial charge in [0.15, 0.2) is 0 Å². The third-order valence-corrected chi connectivity index (χ3v) is 6.27. The van der Waals surface area contributed by atoms with Crippen LogP contribution in [0.3, 0.4) is 0 Å². The molecule has 29 heavy (non-hydrogen) atoms. The van der Waals surface area contributed by atoms with Gasteiger partial charge in [0.25, 0.3) is 5.91 Å². The molecule has 0 bridgehead atoms. The Morgan fingerprint density at radius 2 is 1.93 bits per heavy atom. The molecule has 1 aromatic carbocycles. The molecule has 1 amide bonds. The van der Waals surface area contributed by atoms with Crippen LogP contribution in [-0.2, 0) is 0 Å². The largest absolute Gasteiger partial charge is 0.508 e. The zero-order valence-corrected chi connectivity index (χ0v) is 17.2. The number of piperidine rings is 1. The van der Waals surface area contributed by atoms with Gasteiger partial charge in [-0.15, -0.1) is 0 Å². The maximum Gasteiger partial charge on any atom is 0.258 e. The van der Waals surface area contributed by atoms with Crippen molar-refractivity contribution in [3.63, 3.8) is 0 Å². The lowest BCUT2D eigenvalue weighted by molar-refractivity contribution is 0.0793. The number of benzene rings is 1. The van der Waals surface area contributed by atoms with Crippen molar-refractivity contribution in [2.24, 2.45) is 0 Å². The molecule has 4 rings (SSSR count). The van der Waals surface area contributed by atoms with E-state index >= 15 is 0 Å². The van der Waals surface area contributed by atoms with Crippen molar-refractivity contribution in [1.82, 2.24) is 15.5 Å². The van der Waals surface area contributed by atoms with Crippen LogP contribution in [0.15, 0.2) is 35.4 Å². The average molecular weight is 398 g/mol. The number of phenols is 2. The van der Waals surface area contributed by atoms with Gasteiger partial charge in [-0.1, -0.05) is 26.0 Å². The van der Waals surface area contributed by atoms with E-state index in [2.05, 4.69) is 22.8 Å². The lowest BCUT2D eigenvalue weighted by atomic mass is 9.95. The third-order valence-electron chi connectivity index (χ3n) is 6.27. The van der Waals surface area contributed by atoms with Crippen LogP contribution in [0.2, 0.25) is 0 Å².